The van der Waals surface area contributed by atoms with Gasteiger partial charge in [0.1, 0.15) is 0 Å². The van der Waals surface area contributed by atoms with Crippen LogP contribution in [0.4, 0.5) is 0 Å². The summed E-state index contributed by atoms with van der Waals surface area (Å²) in [5.41, 5.74) is 9.35. The van der Waals surface area contributed by atoms with Crippen molar-refractivity contribution in [1.82, 2.24) is 9.13 Å². The van der Waals surface area contributed by atoms with Gasteiger partial charge in [-0.2, -0.15) is 0 Å². The summed E-state index contributed by atoms with van der Waals surface area (Å²) in [4.78, 5) is 0. The summed E-state index contributed by atoms with van der Waals surface area (Å²) >= 11 is 0. The number of hydrogen-bond acceptors (Lipinski definition) is 0. The van der Waals surface area contributed by atoms with Gasteiger partial charge in [-0.25, -0.2) is 0 Å². The molecule has 0 aliphatic heterocycles. The first-order chi connectivity index (χ1) is 24.8. The second-order valence-electron chi connectivity index (χ2n) is 12.9. The Labute approximate surface area is 290 Å². The van der Waals surface area contributed by atoms with Crippen LogP contribution in [0.25, 0.3) is 87.7 Å². The van der Waals surface area contributed by atoms with Crippen molar-refractivity contribution in [3.8, 4) is 22.5 Å². The molecule has 0 radical (unpaired) electrons. The normalized spacial score (nSPS) is 11.6. The van der Waals surface area contributed by atoms with Crippen molar-refractivity contribution in [3.05, 3.63) is 194 Å². The van der Waals surface area contributed by atoms with Crippen molar-refractivity contribution in [1.29, 1.82) is 0 Å². The maximum Gasteiger partial charge on any atom is 0.0541 e. The minimum atomic E-state index is 1.10. The van der Waals surface area contributed by atoms with E-state index >= 15 is 0 Å². The van der Waals surface area contributed by atoms with Crippen LogP contribution in [0.15, 0.2) is 194 Å². The largest absolute Gasteiger partial charge is 0.309 e. The van der Waals surface area contributed by atoms with Gasteiger partial charge in [-0.1, -0.05) is 140 Å². The summed E-state index contributed by atoms with van der Waals surface area (Å²) in [6, 6.07) is 70.7. The predicted octanol–water partition coefficient (Wildman–Crippen LogP) is 13.0. The summed E-state index contributed by atoms with van der Waals surface area (Å²) < 4.78 is 4.83. The zero-order valence-electron chi connectivity index (χ0n) is 27.4. The van der Waals surface area contributed by atoms with Crippen molar-refractivity contribution >= 4 is 65.2 Å². The molecule has 2 heteroatoms. The van der Waals surface area contributed by atoms with Crippen molar-refractivity contribution in [2.75, 3.05) is 0 Å². The lowest BCUT2D eigenvalue weighted by Crippen LogP contribution is -2.00. The van der Waals surface area contributed by atoms with E-state index in [4.69, 9.17) is 0 Å². The summed E-state index contributed by atoms with van der Waals surface area (Å²) in [7, 11) is 0. The molecule has 0 unspecified atom stereocenters. The third-order valence-corrected chi connectivity index (χ3v) is 10.2. The maximum atomic E-state index is 2.45. The minimum Gasteiger partial charge on any atom is -0.309 e. The quantitative estimate of drug-likeness (QED) is 0.183. The Morgan fingerprint density at radius 3 is 1.04 bits per heavy atom. The van der Waals surface area contributed by atoms with Gasteiger partial charge in [-0.15, -0.1) is 0 Å². The lowest BCUT2D eigenvalue weighted by molar-refractivity contribution is 1.14. The number of benzene rings is 8. The number of aromatic nitrogens is 2. The van der Waals surface area contributed by atoms with Crippen LogP contribution >= 0.6 is 0 Å². The van der Waals surface area contributed by atoms with E-state index in [1.807, 2.05) is 0 Å². The Hall–Kier alpha value is -6.64. The lowest BCUT2D eigenvalue weighted by atomic mass is 9.99. The molecule has 0 aliphatic carbocycles. The fourth-order valence-electron chi connectivity index (χ4n) is 7.92. The number of nitrogens with zero attached hydrogens (tertiary/aromatic N) is 2. The maximum absolute atomic E-state index is 2.45. The molecule has 234 valence electrons. The topological polar surface area (TPSA) is 9.86 Å². The summed E-state index contributed by atoms with van der Waals surface area (Å²) in [6.07, 6.45) is 0. The Bertz CT molecular complexity index is 2910. The number of fused-ring (bicyclic) bond motifs is 10. The Balaban J connectivity index is 1.34. The molecular weight excluding hydrogens is 605 g/mol. The van der Waals surface area contributed by atoms with E-state index in [0.29, 0.717) is 0 Å². The summed E-state index contributed by atoms with van der Waals surface area (Å²) in [5.74, 6) is 0. The van der Waals surface area contributed by atoms with E-state index < -0.39 is 0 Å². The lowest BCUT2D eigenvalue weighted by Gasteiger charge is -2.16. The van der Waals surface area contributed by atoms with Crippen LogP contribution in [0.1, 0.15) is 0 Å². The molecule has 0 saturated heterocycles. The van der Waals surface area contributed by atoms with Gasteiger partial charge in [-0.3, -0.25) is 0 Å². The average molecular weight is 637 g/mol. The number of rotatable bonds is 3. The van der Waals surface area contributed by atoms with E-state index in [9.17, 15) is 0 Å². The zero-order chi connectivity index (χ0) is 33.0. The molecule has 0 atom stereocenters. The monoisotopic (exact) mass is 636 g/mol. The molecule has 10 rings (SSSR count). The first-order valence-corrected chi connectivity index (χ1v) is 17.2. The zero-order valence-corrected chi connectivity index (χ0v) is 27.4. The number of para-hydroxylation sites is 3. The van der Waals surface area contributed by atoms with Gasteiger partial charge >= 0.3 is 0 Å². The van der Waals surface area contributed by atoms with Crippen LogP contribution in [0, 0.1) is 0 Å². The fourth-order valence-corrected chi connectivity index (χ4v) is 7.92. The first kappa shape index (κ1) is 28.4. The SMILES string of the molecule is c1ccc(-c2ccc3c(c2)c2ccccc2c2ccccc2c2ccccc2n3-c2ccc(-n3c4ccccc4c4ccccc43)cc2)cc1. The summed E-state index contributed by atoms with van der Waals surface area (Å²) in [6.45, 7) is 0. The molecule has 0 amide bonds. The molecule has 2 aromatic heterocycles. The standard InChI is InChI=1S/C48H32N2/c1-2-14-33(15-3-1)34-26-31-48-44(32-34)40-19-7-5-17-38(40)37-16-4-6-18-39(37)41-20-8-11-23-45(41)50(48)36-29-27-35(28-30-36)49-46-24-12-9-21-42(46)43-22-10-13-25-47(43)49/h1-32H. The predicted molar refractivity (Wildman–Crippen MR) is 213 cm³/mol. The van der Waals surface area contributed by atoms with E-state index in [1.165, 1.54) is 65.3 Å². The van der Waals surface area contributed by atoms with Crippen LogP contribution in [-0.4, -0.2) is 9.13 Å². The van der Waals surface area contributed by atoms with E-state index in [1.54, 1.807) is 0 Å². The molecule has 10 aromatic rings. The van der Waals surface area contributed by atoms with E-state index in [0.717, 1.165) is 22.4 Å². The molecule has 2 nitrogen and oxygen atoms in total. The molecule has 0 aliphatic rings. The molecular formula is C48H32N2. The van der Waals surface area contributed by atoms with Crippen LogP contribution < -0.4 is 0 Å². The van der Waals surface area contributed by atoms with Gasteiger partial charge in [0, 0.05) is 32.9 Å². The molecule has 0 saturated carbocycles. The van der Waals surface area contributed by atoms with Gasteiger partial charge in [-0.05, 0) is 87.3 Å². The van der Waals surface area contributed by atoms with Gasteiger partial charge in [0.05, 0.1) is 22.1 Å². The Morgan fingerprint density at radius 2 is 0.560 bits per heavy atom. The second kappa shape index (κ2) is 11.5. The molecule has 2 heterocycles. The average Bonchev–Trinajstić information content (AvgIpc) is 3.54. The molecule has 8 aromatic carbocycles. The van der Waals surface area contributed by atoms with Crippen LogP contribution in [-0.2, 0) is 0 Å². The molecule has 0 spiro atoms. The highest BCUT2D eigenvalue weighted by Gasteiger charge is 2.14. The van der Waals surface area contributed by atoms with E-state index in [2.05, 4.69) is 203 Å². The highest BCUT2D eigenvalue weighted by molar-refractivity contribution is 6.20. The Kier molecular flexibility index (Phi) is 6.53. The van der Waals surface area contributed by atoms with Gasteiger partial charge in [0.15, 0.2) is 0 Å². The molecule has 0 N–H and O–H groups in total. The van der Waals surface area contributed by atoms with Gasteiger partial charge in [0.2, 0.25) is 0 Å². The van der Waals surface area contributed by atoms with Crippen LogP contribution in [0.3, 0.4) is 0 Å². The van der Waals surface area contributed by atoms with E-state index in [-0.39, 0.29) is 0 Å². The highest BCUT2D eigenvalue weighted by Crippen LogP contribution is 2.37. The molecule has 0 fully saturated rings. The van der Waals surface area contributed by atoms with Gasteiger partial charge in [0.25, 0.3) is 0 Å². The molecule has 50 heavy (non-hydrogen) atoms. The fraction of sp³-hybridized carbons (Fsp3) is 0. The van der Waals surface area contributed by atoms with Crippen LogP contribution in [0.2, 0.25) is 0 Å². The second-order valence-corrected chi connectivity index (χ2v) is 12.9. The Morgan fingerprint density at radius 1 is 0.220 bits per heavy atom. The minimum absolute atomic E-state index is 1.10. The number of hydrogen-bond donors (Lipinski definition) is 0. The highest BCUT2D eigenvalue weighted by atomic mass is 15.0. The third-order valence-electron chi connectivity index (χ3n) is 10.2. The van der Waals surface area contributed by atoms with Crippen molar-refractivity contribution < 1.29 is 0 Å². The molecule has 0 bridgehead atoms. The van der Waals surface area contributed by atoms with Crippen molar-refractivity contribution in [2.24, 2.45) is 0 Å². The van der Waals surface area contributed by atoms with Gasteiger partial charge < -0.3 is 9.13 Å². The summed E-state index contributed by atoms with van der Waals surface area (Å²) in [5, 5.41) is 9.82. The third kappa shape index (κ3) is 4.43. The smallest absolute Gasteiger partial charge is 0.0541 e. The van der Waals surface area contributed by atoms with Crippen molar-refractivity contribution in [3.63, 3.8) is 0 Å². The first-order valence-electron chi connectivity index (χ1n) is 17.2. The van der Waals surface area contributed by atoms with Crippen LogP contribution in [0.5, 0.6) is 0 Å². The van der Waals surface area contributed by atoms with Crippen molar-refractivity contribution in [2.45, 2.75) is 0 Å².